The van der Waals surface area contributed by atoms with Crippen molar-refractivity contribution < 1.29 is 0 Å². The van der Waals surface area contributed by atoms with Crippen LogP contribution in [-0.2, 0) is 6.42 Å². The van der Waals surface area contributed by atoms with Crippen LogP contribution in [0.5, 0.6) is 0 Å². The van der Waals surface area contributed by atoms with Crippen LogP contribution < -0.4 is 4.90 Å². The Balaban J connectivity index is 2.23. The molecule has 106 valence electrons. The Morgan fingerprint density at radius 3 is 2.25 bits per heavy atom. The highest BCUT2D eigenvalue weighted by atomic mass is 79.9. The van der Waals surface area contributed by atoms with Gasteiger partial charge in [-0.05, 0) is 55.2 Å². The monoisotopic (exact) mass is 331 g/mol. The van der Waals surface area contributed by atoms with Gasteiger partial charge in [0, 0.05) is 22.4 Å². The third kappa shape index (κ3) is 3.86. The molecule has 2 aromatic rings. The fraction of sp³-hybridized carbons (Fsp3) is 0.333. The molecule has 2 heteroatoms. The zero-order chi connectivity index (χ0) is 14.5. The molecule has 20 heavy (non-hydrogen) atoms. The van der Waals surface area contributed by atoms with Gasteiger partial charge >= 0.3 is 0 Å². The van der Waals surface area contributed by atoms with E-state index in [1.807, 2.05) is 0 Å². The Bertz CT molecular complexity index is 546. The molecule has 0 aliphatic carbocycles. The molecule has 0 radical (unpaired) electrons. The summed E-state index contributed by atoms with van der Waals surface area (Å²) in [6.07, 6.45) is 1.14. The highest BCUT2D eigenvalue weighted by Gasteiger charge is 2.07. The van der Waals surface area contributed by atoms with Gasteiger partial charge in [-0.3, -0.25) is 0 Å². The third-order valence-electron chi connectivity index (χ3n) is 3.33. The van der Waals surface area contributed by atoms with E-state index in [4.69, 9.17) is 0 Å². The van der Waals surface area contributed by atoms with Crippen LogP contribution in [0.1, 0.15) is 26.3 Å². The number of hydrogen-bond acceptors (Lipinski definition) is 1. The highest BCUT2D eigenvalue weighted by molar-refractivity contribution is 9.10. The minimum atomic E-state index is 0.702. The van der Waals surface area contributed by atoms with Gasteiger partial charge in [-0.2, -0.15) is 0 Å². The van der Waals surface area contributed by atoms with Crippen molar-refractivity contribution in [3.63, 3.8) is 0 Å². The predicted molar refractivity (Wildman–Crippen MR) is 91.8 cm³/mol. The molecule has 0 heterocycles. The maximum Gasteiger partial charge on any atom is 0.0421 e. The molecule has 0 aromatic heterocycles. The van der Waals surface area contributed by atoms with Crippen molar-refractivity contribution in [1.29, 1.82) is 0 Å². The molecule has 1 nitrogen and oxygen atoms in total. The number of rotatable bonds is 5. The van der Waals surface area contributed by atoms with Crippen LogP contribution >= 0.6 is 15.9 Å². The van der Waals surface area contributed by atoms with E-state index >= 15 is 0 Å². The summed E-state index contributed by atoms with van der Waals surface area (Å²) >= 11 is 3.54. The van der Waals surface area contributed by atoms with Crippen LogP contribution in [0, 0.1) is 5.92 Å². The Kier molecular flexibility index (Phi) is 5.24. The van der Waals surface area contributed by atoms with Crippen molar-refractivity contribution >= 4 is 27.3 Å². The van der Waals surface area contributed by atoms with E-state index in [1.54, 1.807) is 0 Å². The number of nitrogens with zero attached hydrogens (tertiary/aromatic N) is 1. The first-order valence-corrected chi connectivity index (χ1v) is 8.01. The molecule has 0 unspecified atom stereocenters. The summed E-state index contributed by atoms with van der Waals surface area (Å²) < 4.78 is 1.12. The molecule has 2 aromatic carbocycles. The second-order valence-corrected chi connectivity index (χ2v) is 6.40. The molecular weight excluding hydrogens is 310 g/mol. The molecule has 0 fully saturated rings. The molecule has 2 rings (SSSR count). The maximum atomic E-state index is 3.54. The Morgan fingerprint density at radius 2 is 1.70 bits per heavy atom. The minimum absolute atomic E-state index is 0.702. The number of anilines is 2. The second-order valence-electron chi connectivity index (χ2n) is 5.49. The maximum absolute atomic E-state index is 3.54. The Hall–Kier alpha value is -1.28. The average molecular weight is 332 g/mol. The summed E-state index contributed by atoms with van der Waals surface area (Å²) in [7, 11) is 0. The molecule has 0 saturated heterocycles. The van der Waals surface area contributed by atoms with E-state index in [0.29, 0.717) is 5.92 Å². The Labute approximate surface area is 130 Å². The Morgan fingerprint density at radius 1 is 1.00 bits per heavy atom. The van der Waals surface area contributed by atoms with Gasteiger partial charge in [-0.1, -0.05) is 48.0 Å². The van der Waals surface area contributed by atoms with E-state index in [9.17, 15) is 0 Å². The van der Waals surface area contributed by atoms with Crippen LogP contribution in [-0.4, -0.2) is 6.54 Å². The van der Waals surface area contributed by atoms with E-state index in [-0.39, 0.29) is 0 Å². The SMILES string of the molecule is CCN(c1ccc(CC(C)C)cc1)c1cccc(Br)c1. The van der Waals surface area contributed by atoms with E-state index in [2.05, 4.69) is 90.1 Å². The van der Waals surface area contributed by atoms with Crippen LogP contribution in [0.25, 0.3) is 0 Å². The number of hydrogen-bond donors (Lipinski definition) is 0. The zero-order valence-corrected chi connectivity index (χ0v) is 14.0. The molecule has 0 amide bonds. The van der Waals surface area contributed by atoms with Gasteiger partial charge in [-0.25, -0.2) is 0 Å². The fourth-order valence-electron chi connectivity index (χ4n) is 2.44. The molecule has 0 spiro atoms. The van der Waals surface area contributed by atoms with E-state index < -0.39 is 0 Å². The van der Waals surface area contributed by atoms with Crippen molar-refractivity contribution in [2.75, 3.05) is 11.4 Å². The van der Waals surface area contributed by atoms with Crippen LogP contribution in [0.15, 0.2) is 53.0 Å². The van der Waals surface area contributed by atoms with Crippen molar-refractivity contribution in [1.82, 2.24) is 0 Å². The summed E-state index contributed by atoms with van der Waals surface area (Å²) in [5.74, 6) is 0.702. The molecule has 0 atom stereocenters. The minimum Gasteiger partial charge on any atom is -0.342 e. The summed E-state index contributed by atoms with van der Waals surface area (Å²) in [4.78, 5) is 2.32. The third-order valence-corrected chi connectivity index (χ3v) is 3.82. The quantitative estimate of drug-likeness (QED) is 0.668. The van der Waals surface area contributed by atoms with Gasteiger partial charge < -0.3 is 4.90 Å². The van der Waals surface area contributed by atoms with Crippen molar-refractivity contribution in [3.8, 4) is 0 Å². The standard InChI is InChI=1S/C18H22BrN/c1-4-20(18-7-5-6-16(19)13-18)17-10-8-15(9-11-17)12-14(2)3/h5-11,13-14H,4,12H2,1-3H3. The van der Waals surface area contributed by atoms with Crippen LogP contribution in [0.4, 0.5) is 11.4 Å². The second kappa shape index (κ2) is 6.94. The molecule has 0 aliphatic rings. The highest BCUT2D eigenvalue weighted by Crippen LogP contribution is 2.27. The van der Waals surface area contributed by atoms with Crippen LogP contribution in [0.3, 0.4) is 0 Å². The lowest BCUT2D eigenvalue weighted by Gasteiger charge is -2.24. The summed E-state index contributed by atoms with van der Waals surface area (Å²) in [6, 6.07) is 17.4. The molecule has 0 N–H and O–H groups in total. The van der Waals surface area contributed by atoms with E-state index in [0.717, 1.165) is 17.4 Å². The van der Waals surface area contributed by atoms with Crippen molar-refractivity contribution in [2.45, 2.75) is 27.2 Å². The zero-order valence-electron chi connectivity index (χ0n) is 12.4. The summed E-state index contributed by atoms with van der Waals surface area (Å²) in [5.41, 5.74) is 3.88. The van der Waals surface area contributed by atoms with Gasteiger partial charge in [0.2, 0.25) is 0 Å². The normalized spacial score (nSPS) is 10.8. The predicted octanol–water partition coefficient (Wildman–Crippen LogP) is 5.81. The number of benzene rings is 2. The van der Waals surface area contributed by atoms with Gasteiger partial charge in [-0.15, -0.1) is 0 Å². The first kappa shape index (κ1) is 15.1. The largest absolute Gasteiger partial charge is 0.342 e. The fourth-order valence-corrected chi connectivity index (χ4v) is 2.83. The average Bonchev–Trinajstić information content (AvgIpc) is 2.41. The lowest BCUT2D eigenvalue weighted by molar-refractivity contribution is 0.647. The van der Waals surface area contributed by atoms with Crippen molar-refractivity contribution in [2.24, 2.45) is 5.92 Å². The van der Waals surface area contributed by atoms with Crippen LogP contribution in [0.2, 0.25) is 0 Å². The van der Waals surface area contributed by atoms with Gasteiger partial charge in [0.1, 0.15) is 0 Å². The van der Waals surface area contributed by atoms with Gasteiger partial charge in [0.15, 0.2) is 0 Å². The topological polar surface area (TPSA) is 3.24 Å². The molecular formula is C18H22BrN. The smallest absolute Gasteiger partial charge is 0.0421 e. The van der Waals surface area contributed by atoms with Gasteiger partial charge in [0.25, 0.3) is 0 Å². The first-order chi connectivity index (χ1) is 9.60. The lowest BCUT2D eigenvalue weighted by atomic mass is 10.0. The summed E-state index contributed by atoms with van der Waals surface area (Å²) in [5, 5.41) is 0. The lowest BCUT2D eigenvalue weighted by Crippen LogP contribution is -2.15. The molecule has 0 aliphatic heterocycles. The van der Waals surface area contributed by atoms with Gasteiger partial charge in [0.05, 0.1) is 0 Å². The van der Waals surface area contributed by atoms with E-state index in [1.165, 1.54) is 16.9 Å². The summed E-state index contributed by atoms with van der Waals surface area (Å²) in [6.45, 7) is 7.66. The van der Waals surface area contributed by atoms with Crippen molar-refractivity contribution in [3.05, 3.63) is 58.6 Å². The first-order valence-electron chi connectivity index (χ1n) is 7.22. The number of halogens is 1. The molecule has 0 bridgehead atoms. The molecule has 0 saturated carbocycles.